The Morgan fingerprint density at radius 2 is 1.91 bits per heavy atom. The average molecular weight is 658 g/mol. The number of urea groups is 2. The van der Waals surface area contributed by atoms with Gasteiger partial charge in [0.15, 0.2) is 11.6 Å². The van der Waals surface area contributed by atoms with Crippen LogP contribution in [0.1, 0.15) is 30.9 Å². The maximum atomic E-state index is 14.3. The number of hydrogen-bond donors (Lipinski definition) is 4. The Labute approximate surface area is 262 Å². The second kappa shape index (κ2) is 15.2. The molecule has 3 aliphatic rings. The highest BCUT2D eigenvalue weighted by Gasteiger charge is 2.44. The van der Waals surface area contributed by atoms with Gasteiger partial charge in [-0.25, -0.2) is 28.1 Å². The number of halogens is 5. The summed E-state index contributed by atoms with van der Waals surface area (Å²) in [6, 6.07) is -1.18. The molecule has 1 aliphatic carbocycles. The molecule has 4 unspecified atom stereocenters. The van der Waals surface area contributed by atoms with E-state index in [1.165, 1.54) is 7.11 Å². The average Bonchev–Trinajstić information content (AvgIpc) is 3.03. The zero-order valence-electron chi connectivity index (χ0n) is 25.2. The molecule has 4 atom stereocenters. The summed E-state index contributed by atoms with van der Waals surface area (Å²) in [6.45, 7) is -0.901. The lowest BCUT2D eigenvalue weighted by Crippen LogP contribution is -2.59. The van der Waals surface area contributed by atoms with Gasteiger partial charge in [0.1, 0.15) is 18.2 Å². The van der Waals surface area contributed by atoms with Gasteiger partial charge in [-0.3, -0.25) is 0 Å². The van der Waals surface area contributed by atoms with Crippen molar-refractivity contribution in [1.82, 2.24) is 26.2 Å². The molecule has 2 aliphatic heterocycles. The molecule has 1 aromatic rings. The van der Waals surface area contributed by atoms with Gasteiger partial charge in [0.25, 0.3) is 0 Å². The van der Waals surface area contributed by atoms with Crippen molar-refractivity contribution in [2.45, 2.75) is 49.2 Å². The lowest BCUT2D eigenvalue weighted by atomic mass is 9.81. The molecule has 4 rings (SSSR count). The van der Waals surface area contributed by atoms with Crippen LogP contribution in [-0.4, -0.2) is 93.9 Å². The van der Waals surface area contributed by atoms with E-state index in [1.54, 1.807) is 24.3 Å². The van der Waals surface area contributed by atoms with Crippen molar-refractivity contribution in [3.05, 3.63) is 71.0 Å². The first-order valence-corrected chi connectivity index (χ1v) is 14.5. The predicted octanol–water partition coefficient (Wildman–Crippen LogP) is 3.36. The fraction of sp³-hybridized carbons (Fsp3) is 0.500. The van der Waals surface area contributed by atoms with Crippen molar-refractivity contribution < 1.29 is 50.5 Å². The normalized spacial score (nSPS) is 25.0. The van der Waals surface area contributed by atoms with Gasteiger partial charge in [0.2, 0.25) is 0 Å². The van der Waals surface area contributed by atoms with Crippen LogP contribution in [-0.2, 0) is 19.0 Å². The van der Waals surface area contributed by atoms with Gasteiger partial charge in [-0.1, -0.05) is 30.4 Å². The van der Waals surface area contributed by atoms with Crippen LogP contribution in [0.2, 0.25) is 0 Å². The van der Waals surface area contributed by atoms with E-state index in [0.717, 1.165) is 25.3 Å². The SMILES string of the molecule is COCC1=C(C(=O)OC)C(c2ccc(F)c(F)c2)N(C(=O)NCCNC2CCNC(C3(OCC(F)(F)F)C=CC=CC3)C2)C(=O)N1. The Kier molecular flexibility index (Phi) is 11.5. The fourth-order valence-corrected chi connectivity index (χ4v) is 5.78. The van der Waals surface area contributed by atoms with Crippen molar-refractivity contribution in [3.63, 3.8) is 0 Å². The van der Waals surface area contributed by atoms with Crippen LogP contribution >= 0.6 is 0 Å². The molecule has 4 amide bonds. The summed E-state index contributed by atoms with van der Waals surface area (Å²) < 4.78 is 82.5. The van der Waals surface area contributed by atoms with E-state index in [-0.39, 0.29) is 49.0 Å². The number of ether oxygens (including phenoxy) is 3. The monoisotopic (exact) mass is 657 g/mol. The number of esters is 1. The number of carbonyl (C=O) groups is 3. The fourth-order valence-electron chi connectivity index (χ4n) is 5.78. The maximum Gasteiger partial charge on any atom is 0.411 e. The summed E-state index contributed by atoms with van der Waals surface area (Å²) >= 11 is 0. The third-order valence-corrected chi connectivity index (χ3v) is 7.90. The molecule has 0 saturated carbocycles. The van der Waals surface area contributed by atoms with E-state index in [4.69, 9.17) is 14.2 Å². The standard InChI is InChI=1S/C30H36F5N5O6/c1-44-16-22-24(26(41)45-2)25(18-6-7-20(31)21(32)14-18)40(28(43)39-22)27(42)38-13-12-36-19-8-11-37-23(15-19)29(9-4-3-5-10-29)46-17-30(33,34)35/h3-7,9,14,19,23,25,36-37H,8,10-13,15-17H2,1-2H3,(H,38,42)(H,39,43). The predicted molar refractivity (Wildman–Crippen MR) is 154 cm³/mol. The van der Waals surface area contributed by atoms with Crippen LogP contribution < -0.4 is 21.3 Å². The first-order chi connectivity index (χ1) is 21.9. The molecule has 0 bridgehead atoms. The van der Waals surface area contributed by atoms with E-state index >= 15 is 0 Å². The highest BCUT2D eigenvalue weighted by molar-refractivity contribution is 6.01. The van der Waals surface area contributed by atoms with Crippen molar-refractivity contribution in [2.24, 2.45) is 0 Å². The second-order valence-electron chi connectivity index (χ2n) is 11.0. The molecule has 11 nitrogen and oxygen atoms in total. The van der Waals surface area contributed by atoms with E-state index in [0.29, 0.717) is 24.3 Å². The number of alkyl halides is 3. The number of imide groups is 1. The minimum atomic E-state index is -4.49. The van der Waals surface area contributed by atoms with Gasteiger partial charge >= 0.3 is 24.2 Å². The molecule has 0 radical (unpaired) electrons. The van der Waals surface area contributed by atoms with Gasteiger partial charge in [0, 0.05) is 32.3 Å². The van der Waals surface area contributed by atoms with Crippen molar-refractivity contribution in [1.29, 1.82) is 0 Å². The molecule has 16 heteroatoms. The largest absolute Gasteiger partial charge is 0.466 e. The number of allylic oxidation sites excluding steroid dienone is 2. The van der Waals surface area contributed by atoms with Gasteiger partial charge < -0.3 is 35.5 Å². The number of nitrogens with zero attached hydrogens (tertiary/aromatic N) is 1. The van der Waals surface area contributed by atoms with Crippen LogP contribution in [0.4, 0.5) is 31.5 Å². The van der Waals surface area contributed by atoms with Crippen LogP contribution in [0.15, 0.2) is 53.8 Å². The first-order valence-electron chi connectivity index (χ1n) is 14.5. The topological polar surface area (TPSA) is 130 Å². The van der Waals surface area contributed by atoms with Crippen LogP contribution in [0.3, 0.4) is 0 Å². The lowest BCUT2D eigenvalue weighted by Gasteiger charge is -2.44. The molecule has 46 heavy (non-hydrogen) atoms. The van der Waals surface area contributed by atoms with Crippen molar-refractivity contribution in [3.8, 4) is 0 Å². The number of nitrogens with one attached hydrogen (secondary N) is 4. The molecular weight excluding hydrogens is 621 g/mol. The van der Waals surface area contributed by atoms with Gasteiger partial charge in [-0.05, 0) is 43.5 Å². The Bertz CT molecular complexity index is 1390. The zero-order valence-corrected chi connectivity index (χ0v) is 25.2. The first kappa shape index (κ1) is 35.0. The number of piperidine rings is 1. The second-order valence-corrected chi connectivity index (χ2v) is 11.0. The molecule has 0 aromatic heterocycles. The summed E-state index contributed by atoms with van der Waals surface area (Å²) in [5, 5.41) is 11.6. The highest BCUT2D eigenvalue weighted by Crippen LogP contribution is 2.36. The summed E-state index contributed by atoms with van der Waals surface area (Å²) in [7, 11) is 2.40. The molecule has 2 heterocycles. The molecule has 1 saturated heterocycles. The van der Waals surface area contributed by atoms with E-state index in [1.807, 2.05) is 0 Å². The molecule has 1 fully saturated rings. The van der Waals surface area contributed by atoms with Gasteiger partial charge in [0.05, 0.1) is 25.0 Å². The van der Waals surface area contributed by atoms with Crippen LogP contribution in [0.5, 0.6) is 0 Å². The highest BCUT2D eigenvalue weighted by atomic mass is 19.4. The van der Waals surface area contributed by atoms with Crippen LogP contribution in [0.25, 0.3) is 0 Å². The number of hydrogen-bond acceptors (Lipinski definition) is 8. The van der Waals surface area contributed by atoms with Crippen molar-refractivity contribution >= 4 is 18.0 Å². The zero-order chi connectivity index (χ0) is 33.5. The number of benzene rings is 1. The molecular formula is C30H36F5N5O6. The quantitative estimate of drug-likeness (QED) is 0.162. The Balaban J connectivity index is 1.44. The Morgan fingerprint density at radius 3 is 2.57 bits per heavy atom. The maximum absolute atomic E-state index is 14.3. The summed E-state index contributed by atoms with van der Waals surface area (Å²) in [6.07, 6.45) is 3.69. The number of carbonyl (C=O) groups excluding carboxylic acids is 3. The minimum absolute atomic E-state index is 0.00225. The molecule has 4 N–H and O–H groups in total. The van der Waals surface area contributed by atoms with Gasteiger partial charge in [-0.15, -0.1) is 0 Å². The Morgan fingerprint density at radius 1 is 1.13 bits per heavy atom. The molecule has 0 spiro atoms. The summed E-state index contributed by atoms with van der Waals surface area (Å²) in [5.74, 6) is -3.35. The number of amides is 4. The van der Waals surface area contributed by atoms with E-state index in [9.17, 15) is 36.3 Å². The third kappa shape index (κ3) is 8.29. The third-order valence-electron chi connectivity index (χ3n) is 7.90. The lowest BCUT2D eigenvalue weighted by molar-refractivity contribution is -0.202. The smallest absolute Gasteiger partial charge is 0.411 e. The molecule has 252 valence electrons. The minimum Gasteiger partial charge on any atom is -0.466 e. The van der Waals surface area contributed by atoms with Gasteiger partial charge in [-0.2, -0.15) is 13.2 Å². The van der Waals surface area contributed by atoms with Crippen molar-refractivity contribution in [2.75, 3.05) is 47.1 Å². The van der Waals surface area contributed by atoms with E-state index in [2.05, 4.69) is 21.3 Å². The Hall–Kier alpha value is -3.86. The number of rotatable bonds is 11. The van der Waals surface area contributed by atoms with Crippen LogP contribution in [0, 0.1) is 11.6 Å². The summed E-state index contributed by atoms with van der Waals surface area (Å²) in [4.78, 5) is 40.1. The summed E-state index contributed by atoms with van der Waals surface area (Å²) in [5.41, 5.74) is -1.47. The van der Waals surface area contributed by atoms with E-state index < -0.39 is 60.1 Å². The number of methoxy groups -OCH3 is 2. The molecule has 1 aromatic carbocycles.